The largest absolute Gasteiger partial charge is 0.326 e. The number of aryl methyl sites for hydroxylation is 2. The van der Waals surface area contributed by atoms with E-state index in [1.165, 1.54) is 6.07 Å². The number of nitrogens with zero attached hydrogens (tertiary/aromatic N) is 4. The van der Waals surface area contributed by atoms with Crippen molar-refractivity contribution in [3.05, 3.63) is 82.0 Å². The van der Waals surface area contributed by atoms with Crippen molar-refractivity contribution < 1.29 is 0 Å². The summed E-state index contributed by atoms with van der Waals surface area (Å²) in [5, 5.41) is 6.39. The molecule has 0 bridgehead atoms. The molecule has 130 valence electrons. The molecule has 1 unspecified atom stereocenters. The van der Waals surface area contributed by atoms with Crippen molar-refractivity contribution in [3.8, 4) is 0 Å². The number of anilines is 2. The number of fused-ring (bicyclic) bond motifs is 1. The molecule has 2 aromatic heterocycles. The Labute approximate surface area is 150 Å². The van der Waals surface area contributed by atoms with Gasteiger partial charge in [-0.15, -0.1) is 0 Å². The maximum absolute atomic E-state index is 12.6. The predicted molar refractivity (Wildman–Crippen MR) is 101 cm³/mol. The van der Waals surface area contributed by atoms with Gasteiger partial charge in [-0.2, -0.15) is 0 Å². The number of rotatable bonds is 2. The molecule has 0 spiro atoms. The normalized spacial score (nSPS) is 15.6. The Morgan fingerprint density at radius 1 is 1.12 bits per heavy atom. The Kier molecular flexibility index (Phi) is 3.96. The first-order valence-corrected chi connectivity index (χ1v) is 8.29. The zero-order valence-corrected chi connectivity index (χ0v) is 14.5. The van der Waals surface area contributed by atoms with Gasteiger partial charge in [0.25, 0.3) is 5.56 Å². The van der Waals surface area contributed by atoms with Crippen molar-refractivity contribution in [2.75, 3.05) is 10.6 Å². The minimum Gasteiger partial charge on any atom is -0.326 e. The SMILES string of the molecule is Cc1cccc(NC2=NC(c3ccncc3)n3c(nc(C)cc3=O)N2)c1. The van der Waals surface area contributed by atoms with Crippen LogP contribution in [0.2, 0.25) is 0 Å². The van der Waals surface area contributed by atoms with Crippen LogP contribution in [0.15, 0.2) is 64.6 Å². The highest BCUT2D eigenvalue weighted by Gasteiger charge is 2.25. The van der Waals surface area contributed by atoms with Crippen LogP contribution in [-0.4, -0.2) is 20.5 Å². The van der Waals surface area contributed by atoms with Gasteiger partial charge >= 0.3 is 0 Å². The lowest BCUT2D eigenvalue weighted by Gasteiger charge is -2.27. The van der Waals surface area contributed by atoms with E-state index in [-0.39, 0.29) is 5.56 Å². The fourth-order valence-corrected chi connectivity index (χ4v) is 2.93. The van der Waals surface area contributed by atoms with E-state index in [0.29, 0.717) is 17.6 Å². The average molecular weight is 346 g/mol. The molecule has 3 heterocycles. The second-order valence-electron chi connectivity index (χ2n) is 6.18. The van der Waals surface area contributed by atoms with Crippen molar-refractivity contribution in [1.82, 2.24) is 14.5 Å². The summed E-state index contributed by atoms with van der Waals surface area (Å²) in [5.41, 5.74) is 3.41. The Morgan fingerprint density at radius 2 is 1.92 bits per heavy atom. The summed E-state index contributed by atoms with van der Waals surface area (Å²) in [5.74, 6) is 0.997. The van der Waals surface area contributed by atoms with Gasteiger partial charge in [0.15, 0.2) is 6.17 Å². The summed E-state index contributed by atoms with van der Waals surface area (Å²) >= 11 is 0. The monoisotopic (exact) mass is 346 g/mol. The number of nitrogens with one attached hydrogen (secondary N) is 2. The first kappa shape index (κ1) is 16.0. The molecule has 26 heavy (non-hydrogen) atoms. The zero-order chi connectivity index (χ0) is 18.1. The first-order valence-electron chi connectivity index (χ1n) is 8.29. The van der Waals surface area contributed by atoms with E-state index in [2.05, 4.69) is 20.6 Å². The minimum absolute atomic E-state index is 0.153. The number of aliphatic imine (C=N–C) groups is 1. The van der Waals surface area contributed by atoms with Gasteiger partial charge < -0.3 is 5.32 Å². The van der Waals surface area contributed by atoms with Gasteiger partial charge in [0.1, 0.15) is 0 Å². The predicted octanol–water partition coefficient (Wildman–Crippen LogP) is 2.70. The van der Waals surface area contributed by atoms with Crippen LogP contribution in [0.3, 0.4) is 0 Å². The standard InChI is InChI=1S/C19H18N6O/c1-12-4-3-5-15(10-12)22-18-23-17(14-6-8-20-9-7-14)25-16(26)11-13(2)21-19(25)24-18/h3-11,17H,1-2H3,(H2,21,22,23,24). The third-order valence-electron chi connectivity index (χ3n) is 4.09. The number of hydrogen-bond acceptors (Lipinski definition) is 6. The number of guanidine groups is 1. The molecule has 7 nitrogen and oxygen atoms in total. The topological polar surface area (TPSA) is 84.2 Å². The highest BCUT2D eigenvalue weighted by molar-refractivity contribution is 6.03. The molecular formula is C19H18N6O. The maximum atomic E-state index is 12.6. The summed E-state index contributed by atoms with van der Waals surface area (Å²) in [4.78, 5) is 25.8. The van der Waals surface area contributed by atoms with Crippen molar-refractivity contribution in [2.24, 2.45) is 4.99 Å². The fraction of sp³-hybridized carbons (Fsp3) is 0.158. The van der Waals surface area contributed by atoms with Gasteiger partial charge in [-0.3, -0.25) is 19.7 Å². The van der Waals surface area contributed by atoms with E-state index in [1.807, 2.05) is 43.3 Å². The van der Waals surface area contributed by atoms with Crippen LogP contribution >= 0.6 is 0 Å². The lowest BCUT2D eigenvalue weighted by Crippen LogP contribution is -2.37. The molecule has 1 aliphatic heterocycles. The van der Waals surface area contributed by atoms with Crippen LogP contribution in [0, 0.1) is 13.8 Å². The summed E-state index contributed by atoms with van der Waals surface area (Å²) in [6.07, 6.45) is 2.86. The van der Waals surface area contributed by atoms with Crippen molar-refractivity contribution in [1.29, 1.82) is 0 Å². The number of pyridine rings is 1. The fourth-order valence-electron chi connectivity index (χ4n) is 2.93. The van der Waals surface area contributed by atoms with Gasteiger partial charge in [0.05, 0.1) is 0 Å². The highest BCUT2D eigenvalue weighted by Crippen LogP contribution is 2.25. The average Bonchev–Trinajstić information content (AvgIpc) is 2.61. The van der Waals surface area contributed by atoms with Crippen molar-refractivity contribution in [3.63, 3.8) is 0 Å². The minimum atomic E-state index is -0.512. The second kappa shape index (κ2) is 6.44. The number of benzene rings is 1. The van der Waals surface area contributed by atoms with Crippen LogP contribution in [0.4, 0.5) is 11.6 Å². The first-order chi connectivity index (χ1) is 12.6. The van der Waals surface area contributed by atoms with E-state index in [0.717, 1.165) is 16.8 Å². The van der Waals surface area contributed by atoms with Crippen LogP contribution < -0.4 is 16.2 Å². The van der Waals surface area contributed by atoms with E-state index in [1.54, 1.807) is 23.9 Å². The Hall–Kier alpha value is -3.48. The molecular weight excluding hydrogens is 328 g/mol. The van der Waals surface area contributed by atoms with E-state index in [4.69, 9.17) is 4.99 Å². The molecule has 4 rings (SSSR count). The molecule has 1 aliphatic rings. The number of aromatic nitrogens is 3. The number of hydrogen-bond donors (Lipinski definition) is 2. The van der Waals surface area contributed by atoms with Gasteiger partial charge in [-0.25, -0.2) is 9.98 Å². The molecule has 3 aromatic rings. The quantitative estimate of drug-likeness (QED) is 0.745. The molecule has 0 radical (unpaired) electrons. The van der Waals surface area contributed by atoms with Crippen molar-refractivity contribution >= 4 is 17.6 Å². The molecule has 0 fully saturated rings. The highest BCUT2D eigenvalue weighted by atomic mass is 16.1. The maximum Gasteiger partial charge on any atom is 0.257 e. The van der Waals surface area contributed by atoms with Gasteiger partial charge in [-0.1, -0.05) is 12.1 Å². The van der Waals surface area contributed by atoms with Gasteiger partial charge in [-0.05, 0) is 43.7 Å². The molecule has 0 saturated heterocycles. The summed E-state index contributed by atoms with van der Waals surface area (Å²) < 4.78 is 1.55. The summed E-state index contributed by atoms with van der Waals surface area (Å²) in [7, 11) is 0. The molecule has 1 aromatic carbocycles. The smallest absolute Gasteiger partial charge is 0.257 e. The molecule has 7 heteroatoms. The summed E-state index contributed by atoms with van der Waals surface area (Å²) in [6.45, 7) is 3.83. The van der Waals surface area contributed by atoms with Crippen LogP contribution in [0.1, 0.15) is 23.0 Å². The third kappa shape index (κ3) is 3.06. The lowest BCUT2D eigenvalue weighted by molar-refractivity contribution is 0.576. The molecule has 0 amide bonds. The molecule has 2 N–H and O–H groups in total. The van der Waals surface area contributed by atoms with Gasteiger partial charge in [0.2, 0.25) is 11.9 Å². The van der Waals surface area contributed by atoms with E-state index >= 15 is 0 Å². The zero-order valence-electron chi connectivity index (χ0n) is 14.5. The van der Waals surface area contributed by atoms with Crippen LogP contribution in [0.25, 0.3) is 0 Å². The molecule has 1 atom stereocenters. The lowest BCUT2D eigenvalue weighted by atomic mass is 10.2. The van der Waals surface area contributed by atoms with Crippen LogP contribution in [-0.2, 0) is 0 Å². The molecule has 0 saturated carbocycles. The Balaban J connectivity index is 1.79. The molecule has 0 aliphatic carbocycles. The Morgan fingerprint density at radius 3 is 2.69 bits per heavy atom. The third-order valence-corrected chi connectivity index (χ3v) is 4.09. The van der Waals surface area contributed by atoms with Crippen LogP contribution in [0.5, 0.6) is 0 Å². The van der Waals surface area contributed by atoms with E-state index < -0.39 is 6.17 Å². The summed E-state index contributed by atoms with van der Waals surface area (Å²) in [6, 6.07) is 13.2. The van der Waals surface area contributed by atoms with Crippen molar-refractivity contribution in [2.45, 2.75) is 20.0 Å². The second-order valence-corrected chi connectivity index (χ2v) is 6.18. The van der Waals surface area contributed by atoms with E-state index in [9.17, 15) is 4.79 Å². The van der Waals surface area contributed by atoms with Gasteiger partial charge in [0, 0.05) is 35.4 Å². The Bertz CT molecular complexity index is 1040.